The molecule has 2 aromatic rings. The van der Waals surface area contributed by atoms with E-state index >= 15 is 0 Å². The predicted molar refractivity (Wildman–Crippen MR) is 83.8 cm³/mol. The highest BCUT2D eigenvalue weighted by Crippen LogP contribution is 2.12. The van der Waals surface area contributed by atoms with E-state index in [1.807, 2.05) is 0 Å². The normalized spacial score (nSPS) is 10.3. The maximum absolute atomic E-state index is 13.4. The van der Waals surface area contributed by atoms with Crippen LogP contribution >= 0.6 is 0 Å². The summed E-state index contributed by atoms with van der Waals surface area (Å²) in [4.78, 5) is 23.2. The minimum absolute atomic E-state index is 0.0792. The maximum atomic E-state index is 13.4. The molecule has 118 valence electrons. The van der Waals surface area contributed by atoms with Gasteiger partial charge < -0.3 is 10.1 Å². The van der Waals surface area contributed by atoms with Crippen molar-refractivity contribution in [3.63, 3.8) is 0 Å². The van der Waals surface area contributed by atoms with Crippen molar-refractivity contribution in [2.24, 2.45) is 5.10 Å². The zero-order valence-electron chi connectivity index (χ0n) is 12.2. The third kappa shape index (κ3) is 4.63. The zero-order valence-corrected chi connectivity index (χ0v) is 12.2. The number of hydrazone groups is 1. The summed E-state index contributed by atoms with van der Waals surface area (Å²) >= 11 is 0. The van der Waals surface area contributed by atoms with Crippen molar-refractivity contribution < 1.29 is 18.7 Å². The summed E-state index contributed by atoms with van der Waals surface area (Å²) < 4.78 is 18.4. The van der Waals surface area contributed by atoms with Gasteiger partial charge in [-0.15, -0.1) is 0 Å². The minimum atomic E-state index is -1.02. The molecule has 0 unspecified atom stereocenters. The molecule has 0 saturated carbocycles. The number of benzene rings is 2. The average molecular weight is 315 g/mol. The van der Waals surface area contributed by atoms with Gasteiger partial charge in [0.2, 0.25) is 0 Å². The number of anilines is 1. The lowest BCUT2D eigenvalue weighted by Gasteiger charge is -2.04. The number of nitrogens with one attached hydrogen (secondary N) is 2. The molecule has 0 bridgehead atoms. The number of hydrogen-bond donors (Lipinski definition) is 2. The number of ether oxygens (including phenoxy) is 1. The molecule has 6 nitrogen and oxygen atoms in total. The molecule has 0 radical (unpaired) electrons. The number of hydrogen-bond acceptors (Lipinski definition) is 4. The fourth-order valence-corrected chi connectivity index (χ4v) is 1.68. The Bertz CT molecular complexity index is 747. The molecule has 2 N–H and O–H groups in total. The van der Waals surface area contributed by atoms with E-state index in [2.05, 4.69) is 15.8 Å². The topological polar surface area (TPSA) is 79.8 Å². The fraction of sp³-hybridized carbons (Fsp3) is 0.0625. The monoisotopic (exact) mass is 315 g/mol. The molecule has 0 aliphatic heterocycles. The molecule has 0 aliphatic carbocycles. The van der Waals surface area contributed by atoms with Crippen molar-refractivity contribution in [3.05, 3.63) is 59.9 Å². The lowest BCUT2D eigenvalue weighted by molar-refractivity contribution is -0.136. The largest absolute Gasteiger partial charge is 0.497 e. The Balaban J connectivity index is 1.92. The van der Waals surface area contributed by atoms with E-state index in [0.717, 1.165) is 0 Å². The van der Waals surface area contributed by atoms with Crippen LogP contribution in [0.25, 0.3) is 0 Å². The standard InChI is InChI=1S/C16H14FN3O3/c1-23-12-6-4-5-11(9-12)10-18-20-16(22)15(21)19-14-8-3-2-7-13(14)17/h2-10H,1H3,(H,19,21)(H,20,22). The molecule has 0 heterocycles. The quantitative estimate of drug-likeness (QED) is 0.514. The van der Waals surface area contributed by atoms with Crippen molar-refractivity contribution in [3.8, 4) is 5.75 Å². The highest BCUT2D eigenvalue weighted by atomic mass is 19.1. The van der Waals surface area contributed by atoms with Crippen molar-refractivity contribution in [1.82, 2.24) is 5.43 Å². The highest BCUT2D eigenvalue weighted by molar-refractivity contribution is 6.39. The van der Waals surface area contributed by atoms with Gasteiger partial charge in [0, 0.05) is 0 Å². The number of nitrogens with zero attached hydrogens (tertiary/aromatic N) is 1. The molecule has 0 aromatic heterocycles. The number of para-hydroxylation sites is 1. The highest BCUT2D eigenvalue weighted by Gasteiger charge is 2.14. The van der Waals surface area contributed by atoms with E-state index in [0.29, 0.717) is 11.3 Å². The summed E-state index contributed by atoms with van der Waals surface area (Å²) in [5, 5.41) is 5.82. The summed E-state index contributed by atoms with van der Waals surface area (Å²) in [6, 6.07) is 12.5. The molecular formula is C16H14FN3O3. The Labute approximate surface area is 132 Å². The Morgan fingerprint density at radius 1 is 1.13 bits per heavy atom. The number of halogens is 1. The molecule has 23 heavy (non-hydrogen) atoms. The van der Waals surface area contributed by atoms with Gasteiger partial charge in [0.05, 0.1) is 19.0 Å². The Hall–Kier alpha value is -3.22. The Kier molecular flexibility index (Phi) is 5.40. The molecule has 0 fully saturated rings. The van der Waals surface area contributed by atoms with Gasteiger partial charge in [-0.25, -0.2) is 9.82 Å². The summed E-state index contributed by atoms with van der Waals surface area (Å²) in [6.07, 6.45) is 1.36. The second-order valence-electron chi connectivity index (χ2n) is 4.41. The van der Waals surface area contributed by atoms with Gasteiger partial charge in [0.25, 0.3) is 0 Å². The smallest absolute Gasteiger partial charge is 0.329 e. The van der Waals surface area contributed by atoms with Gasteiger partial charge in [-0.2, -0.15) is 5.10 Å². The minimum Gasteiger partial charge on any atom is -0.497 e. The van der Waals surface area contributed by atoms with Gasteiger partial charge in [-0.3, -0.25) is 9.59 Å². The molecule has 0 spiro atoms. The Morgan fingerprint density at radius 2 is 1.91 bits per heavy atom. The van der Waals surface area contributed by atoms with Gasteiger partial charge in [-0.1, -0.05) is 24.3 Å². The number of rotatable bonds is 4. The van der Waals surface area contributed by atoms with Crippen LogP contribution in [-0.4, -0.2) is 25.1 Å². The third-order valence-corrected chi connectivity index (χ3v) is 2.80. The molecule has 0 atom stereocenters. The Morgan fingerprint density at radius 3 is 2.65 bits per heavy atom. The zero-order chi connectivity index (χ0) is 16.7. The SMILES string of the molecule is COc1cccc(C=NNC(=O)C(=O)Nc2ccccc2F)c1. The van der Waals surface area contributed by atoms with Crippen LogP contribution in [0.2, 0.25) is 0 Å². The first-order valence-corrected chi connectivity index (χ1v) is 6.63. The van der Waals surface area contributed by atoms with Crippen molar-refractivity contribution in [1.29, 1.82) is 0 Å². The van der Waals surface area contributed by atoms with Crippen LogP contribution in [0, 0.1) is 5.82 Å². The molecule has 0 aliphatic rings. The molecule has 2 amide bonds. The van der Waals surface area contributed by atoms with Crippen LogP contribution < -0.4 is 15.5 Å². The van der Waals surface area contributed by atoms with E-state index < -0.39 is 17.6 Å². The second kappa shape index (κ2) is 7.69. The predicted octanol–water partition coefficient (Wildman–Crippen LogP) is 1.92. The van der Waals surface area contributed by atoms with Crippen LogP contribution in [0.5, 0.6) is 5.75 Å². The second-order valence-corrected chi connectivity index (χ2v) is 4.41. The van der Waals surface area contributed by atoms with Gasteiger partial charge >= 0.3 is 11.8 Å². The van der Waals surface area contributed by atoms with Crippen molar-refractivity contribution in [2.45, 2.75) is 0 Å². The summed E-state index contributed by atoms with van der Waals surface area (Å²) in [5.41, 5.74) is 2.66. The van der Waals surface area contributed by atoms with Crippen molar-refractivity contribution in [2.75, 3.05) is 12.4 Å². The van der Waals surface area contributed by atoms with Crippen LogP contribution in [-0.2, 0) is 9.59 Å². The first kappa shape index (κ1) is 16.2. The van der Waals surface area contributed by atoms with Crippen LogP contribution in [0.3, 0.4) is 0 Å². The van der Waals surface area contributed by atoms with Gasteiger partial charge in [-0.05, 0) is 29.8 Å². The number of methoxy groups -OCH3 is 1. The fourth-order valence-electron chi connectivity index (χ4n) is 1.68. The summed E-state index contributed by atoms with van der Waals surface area (Å²) in [7, 11) is 1.53. The first-order chi connectivity index (χ1) is 11.1. The molecular weight excluding hydrogens is 301 g/mol. The summed E-state index contributed by atoms with van der Waals surface area (Å²) in [5.74, 6) is -2.02. The van der Waals surface area contributed by atoms with Gasteiger partial charge in [0.15, 0.2) is 0 Å². The van der Waals surface area contributed by atoms with E-state index in [-0.39, 0.29) is 5.69 Å². The first-order valence-electron chi connectivity index (χ1n) is 6.63. The van der Waals surface area contributed by atoms with E-state index in [4.69, 9.17) is 4.74 Å². The molecule has 7 heteroatoms. The molecule has 2 aromatic carbocycles. The molecule has 0 saturated heterocycles. The van der Waals surface area contributed by atoms with Gasteiger partial charge in [0.1, 0.15) is 11.6 Å². The van der Waals surface area contributed by atoms with Crippen molar-refractivity contribution >= 4 is 23.7 Å². The lowest BCUT2D eigenvalue weighted by Crippen LogP contribution is -2.32. The van der Waals surface area contributed by atoms with Crippen LogP contribution in [0.1, 0.15) is 5.56 Å². The molecule has 2 rings (SSSR count). The number of amides is 2. The number of carbonyl (C=O) groups excluding carboxylic acids is 2. The van der Waals surface area contributed by atoms with E-state index in [1.165, 1.54) is 37.6 Å². The lowest BCUT2D eigenvalue weighted by atomic mass is 10.2. The van der Waals surface area contributed by atoms with E-state index in [1.54, 1.807) is 24.3 Å². The maximum Gasteiger partial charge on any atom is 0.329 e. The van der Waals surface area contributed by atoms with E-state index in [9.17, 15) is 14.0 Å². The van der Waals surface area contributed by atoms with Crippen LogP contribution in [0.15, 0.2) is 53.6 Å². The third-order valence-electron chi connectivity index (χ3n) is 2.80. The number of carbonyl (C=O) groups is 2. The average Bonchev–Trinajstić information content (AvgIpc) is 2.57. The van der Waals surface area contributed by atoms with Crippen LogP contribution in [0.4, 0.5) is 10.1 Å². The summed E-state index contributed by atoms with van der Waals surface area (Å²) in [6.45, 7) is 0.